The van der Waals surface area contributed by atoms with E-state index < -0.39 is 18.1 Å². The summed E-state index contributed by atoms with van der Waals surface area (Å²) in [6, 6.07) is 12.4. The van der Waals surface area contributed by atoms with Gasteiger partial charge in [-0.05, 0) is 48.6 Å². The van der Waals surface area contributed by atoms with E-state index in [9.17, 15) is 18.0 Å². The van der Waals surface area contributed by atoms with Crippen molar-refractivity contribution >= 4 is 17.2 Å². The van der Waals surface area contributed by atoms with Gasteiger partial charge in [-0.3, -0.25) is 4.79 Å². The maximum atomic E-state index is 12.5. The number of carbonyl (C=O) groups excluding carboxylic acids is 1. The van der Waals surface area contributed by atoms with E-state index >= 15 is 0 Å². The Morgan fingerprint density at radius 2 is 1.91 bits per heavy atom. The number of carbonyl (C=O) groups is 1. The highest BCUT2D eigenvalue weighted by Gasteiger charge is 2.39. The number of hydrogen-bond acceptors (Lipinski definition) is 4. The number of amides is 1. The number of nitrogens with zero attached hydrogens (tertiary/aromatic N) is 1. The number of nitrogens with one attached hydrogen (secondary N) is 1. The fourth-order valence-electron chi connectivity index (χ4n) is 3.73. The van der Waals surface area contributed by atoms with Gasteiger partial charge in [-0.2, -0.15) is 13.2 Å². The summed E-state index contributed by atoms with van der Waals surface area (Å²) < 4.78 is 48.7. The molecule has 1 N–H and O–H groups in total. The topological polar surface area (TPSA) is 50.8 Å². The minimum atomic E-state index is -4.89. The van der Waals surface area contributed by atoms with Crippen LogP contribution in [0.3, 0.4) is 0 Å². The van der Waals surface area contributed by atoms with Crippen LogP contribution in [0.5, 0.6) is 11.5 Å². The molecule has 1 aliphatic heterocycles. The van der Waals surface area contributed by atoms with Crippen LogP contribution in [0.2, 0.25) is 0 Å². The van der Waals surface area contributed by atoms with Gasteiger partial charge in [0, 0.05) is 19.2 Å². The first-order valence-electron chi connectivity index (χ1n) is 11.0. The summed E-state index contributed by atoms with van der Waals surface area (Å²) in [5.74, 6) is -0.388. The Balaban J connectivity index is 1.66. The van der Waals surface area contributed by atoms with Crippen molar-refractivity contribution in [1.82, 2.24) is 5.32 Å². The molecular weight excluding hydrogens is 433 g/mol. The van der Waals surface area contributed by atoms with Gasteiger partial charge in [0.15, 0.2) is 0 Å². The zero-order valence-corrected chi connectivity index (χ0v) is 19.0. The van der Waals surface area contributed by atoms with Crippen molar-refractivity contribution in [3.05, 3.63) is 59.7 Å². The highest BCUT2D eigenvalue weighted by Crippen LogP contribution is 2.35. The molecule has 178 valence electrons. The van der Waals surface area contributed by atoms with Gasteiger partial charge >= 0.3 is 12.1 Å². The lowest BCUT2D eigenvalue weighted by Crippen LogP contribution is -2.38. The quantitative estimate of drug-likeness (QED) is 0.562. The van der Waals surface area contributed by atoms with Crippen molar-refractivity contribution in [2.24, 2.45) is 0 Å². The number of benzene rings is 2. The molecule has 0 unspecified atom stereocenters. The molecule has 1 aliphatic rings. The van der Waals surface area contributed by atoms with E-state index in [2.05, 4.69) is 17.9 Å². The van der Waals surface area contributed by atoms with Crippen molar-refractivity contribution in [2.75, 3.05) is 31.7 Å². The highest BCUT2D eigenvalue weighted by molar-refractivity contribution is 5.82. The molecule has 2 aromatic carbocycles. The third kappa shape index (κ3) is 6.21. The Morgan fingerprint density at radius 1 is 1.18 bits per heavy atom. The summed E-state index contributed by atoms with van der Waals surface area (Å²) in [6.07, 6.45) is -0.990. The molecule has 0 aliphatic carbocycles. The fourth-order valence-corrected chi connectivity index (χ4v) is 3.73. The summed E-state index contributed by atoms with van der Waals surface area (Å²) in [5.41, 5.74) is 3.81. The van der Waals surface area contributed by atoms with Crippen LogP contribution in [0, 0.1) is 0 Å². The van der Waals surface area contributed by atoms with Gasteiger partial charge in [0.05, 0.1) is 25.4 Å². The summed E-state index contributed by atoms with van der Waals surface area (Å²) in [6.45, 7) is 5.76. The van der Waals surface area contributed by atoms with Gasteiger partial charge in [-0.15, -0.1) is 0 Å². The summed E-state index contributed by atoms with van der Waals surface area (Å²) in [5, 5.41) is 1.98. The number of methoxy groups -OCH3 is 1. The van der Waals surface area contributed by atoms with Crippen molar-refractivity contribution in [1.29, 1.82) is 0 Å². The molecule has 0 aromatic heterocycles. The Hall–Kier alpha value is -3.16. The van der Waals surface area contributed by atoms with E-state index in [0.717, 1.165) is 42.1 Å². The number of ether oxygens (including phenoxy) is 2. The van der Waals surface area contributed by atoms with E-state index in [-0.39, 0.29) is 0 Å². The van der Waals surface area contributed by atoms with Crippen molar-refractivity contribution < 1.29 is 27.4 Å². The Kier molecular flexibility index (Phi) is 7.89. The van der Waals surface area contributed by atoms with Crippen LogP contribution in [0.1, 0.15) is 43.9 Å². The first kappa shape index (κ1) is 24.5. The van der Waals surface area contributed by atoms with Gasteiger partial charge in [0.25, 0.3) is 0 Å². The number of alkyl halides is 3. The van der Waals surface area contributed by atoms with E-state index in [1.165, 1.54) is 12.5 Å². The minimum absolute atomic E-state index is 0.615. The predicted molar refractivity (Wildman–Crippen MR) is 123 cm³/mol. The first-order chi connectivity index (χ1) is 15.7. The monoisotopic (exact) mass is 462 g/mol. The third-order valence-electron chi connectivity index (χ3n) is 5.56. The SMILES string of the molecule is CCCOc1ccc(N2CC=C(c3ccc([C@H](C)NC(=O)C(F)(F)F)cc3)CC2)c(OC)c1. The fraction of sp³-hybridized carbons (Fsp3) is 0.400. The van der Waals surface area contributed by atoms with Crippen LogP contribution < -0.4 is 19.7 Å². The van der Waals surface area contributed by atoms with Crippen molar-refractivity contribution in [3.63, 3.8) is 0 Å². The molecule has 0 spiro atoms. The van der Waals surface area contributed by atoms with Crippen LogP contribution >= 0.6 is 0 Å². The molecule has 0 saturated carbocycles. The number of hydrogen-bond donors (Lipinski definition) is 1. The van der Waals surface area contributed by atoms with Crippen LogP contribution in [-0.4, -0.2) is 38.9 Å². The van der Waals surface area contributed by atoms with Crippen LogP contribution in [0.25, 0.3) is 5.57 Å². The molecule has 5 nitrogen and oxygen atoms in total. The molecule has 0 radical (unpaired) electrons. The van der Waals surface area contributed by atoms with Gasteiger partial charge in [0.2, 0.25) is 0 Å². The second-order valence-electron chi connectivity index (χ2n) is 7.92. The van der Waals surface area contributed by atoms with E-state index in [1.54, 1.807) is 19.2 Å². The van der Waals surface area contributed by atoms with Crippen molar-refractivity contribution in [3.8, 4) is 11.5 Å². The van der Waals surface area contributed by atoms with Gasteiger partial charge in [-0.25, -0.2) is 0 Å². The zero-order chi connectivity index (χ0) is 24.0. The van der Waals surface area contributed by atoms with Crippen LogP contribution in [0.4, 0.5) is 18.9 Å². The summed E-state index contributed by atoms with van der Waals surface area (Å²) in [4.78, 5) is 13.4. The molecule has 33 heavy (non-hydrogen) atoms. The summed E-state index contributed by atoms with van der Waals surface area (Å²) in [7, 11) is 1.65. The number of anilines is 1. The van der Waals surface area contributed by atoms with E-state index in [1.807, 2.05) is 35.6 Å². The summed E-state index contributed by atoms with van der Waals surface area (Å²) >= 11 is 0. The Labute approximate surface area is 192 Å². The maximum absolute atomic E-state index is 12.5. The van der Waals surface area contributed by atoms with E-state index in [0.29, 0.717) is 18.7 Å². The second-order valence-corrected chi connectivity index (χ2v) is 7.92. The smallest absolute Gasteiger partial charge is 0.471 e. The van der Waals surface area contributed by atoms with Gasteiger partial charge in [-0.1, -0.05) is 37.3 Å². The molecule has 0 saturated heterocycles. The molecule has 1 amide bonds. The lowest BCUT2D eigenvalue weighted by molar-refractivity contribution is -0.174. The normalized spacial score (nSPS) is 15.0. The Morgan fingerprint density at radius 3 is 2.48 bits per heavy atom. The van der Waals surface area contributed by atoms with Crippen molar-refractivity contribution in [2.45, 2.75) is 38.9 Å². The maximum Gasteiger partial charge on any atom is 0.471 e. The number of rotatable bonds is 8. The second kappa shape index (κ2) is 10.6. The molecule has 3 rings (SSSR count). The Bertz CT molecular complexity index is 987. The zero-order valence-electron chi connectivity index (χ0n) is 19.0. The molecule has 0 fully saturated rings. The first-order valence-corrected chi connectivity index (χ1v) is 11.0. The van der Waals surface area contributed by atoms with Crippen LogP contribution in [-0.2, 0) is 4.79 Å². The minimum Gasteiger partial charge on any atom is -0.494 e. The standard InChI is InChI=1S/C25H29F3N2O3/c1-4-15-33-21-9-10-22(23(16-21)32-3)30-13-11-20(12-14-30)19-7-5-18(6-8-19)17(2)29-24(31)25(26,27)28/h5-11,16-17H,4,12-15H2,1-3H3,(H,29,31)/t17-/m0/s1. The predicted octanol–water partition coefficient (Wildman–Crippen LogP) is 5.52. The third-order valence-corrected chi connectivity index (χ3v) is 5.56. The molecule has 1 heterocycles. The number of halogens is 3. The highest BCUT2D eigenvalue weighted by atomic mass is 19.4. The largest absolute Gasteiger partial charge is 0.494 e. The van der Waals surface area contributed by atoms with Gasteiger partial charge < -0.3 is 19.7 Å². The average Bonchev–Trinajstić information content (AvgIpc) is 2.82. The molecule has 2 aromatic rings. The van der Waals surface area contributed by atoms with Gasteiger partial charge in [0.1, 0.15) is 11.5 Å². The lowest BCUT2D eigenvalue weighted by atomic mass is 9.97. The lowest BCUT2D eigenvalue weighted by Gasteiger charge is -2.30. The molecular formula is C25H29F3N2O3. The van der Waals surface area contributed by atoms with Crippen LogP contribution in [0.15, 0.2) is 48.5 Å². The molecule has 1 atom stereocenters. The molecule has 0 bridgehead atoms. The average molecular weight is 463 g/mol. The van der Waals surface area contributed by atoms with E-state index in [4.69, 9.17) is 9.47 Å². The molecule has 8 heteroatoms.